The zero-order valence-corrected chi connectivity index (χ0v) is 12.8. The first kappa shape index (κ1) is 14.5. The van der Waals surface area contributed by atoms with Gasteiger partial charge in [-0.1, -0.05) is 19.0 Å². The van der Waals surface area contributed by atoms with E-state index in [0.29, 0.717) is 24.9 Å². The SMILES string of the molecule is CC(C)C1CCC(c2noc(C3CNC(=O)CN3)n2)CC1. The van der Waals surface area contributed by atoms with Crippen LogP contribution < -0.4 is 10.6 Å². The van der Waals surface area contributed by atoms with Crippen molar-refractivity contribution in [3.05, 3.63) is 11.7 Å². The van der Waals surface area contributed by atoms with Crippen LogP contribution in [0.4, 0.5) is 0 Å². The molecule has 0 bridgehead atoms. The van der Waals surface area contributed by atoms with E-state index in [-0.39, 0.29) is 11.9 Å². The minimum Gasteiger partial charge on any atom is -0.353 e. The molecule has 0 spiro atoms. The number of amides is 1. The summed E-state index contributed by atoms with van der Waals surface area (Å²) in [4.78, 5) is 15.7. The van der Waals surface area contributed by atoms with Crippen LogP contribution in [0.15, 0.2) is 4.52 Å². The second kappa shape index (κ2) is 6.13. The molecule has 1 aromatic heterocycles. The van der Waals surface area contributed by atoms with E-state index in [4.69, 9.17) is 4.52 Å². The number of rotatable bonds is 3. The predicted octanol–water partition coefficient (Wildman–Crippen LogP) is 1.76. The van der Waals surface area contributed by atoms with Gasteiger partial charge in [-0.3, -0.25) is 10.1 Å². The van der Waals surface area contributed by atoms with Gasteiger partial charge in [0.2, 0.25) is 11.8 Å². The van der Waals surface area contributed by atoms with Crippen LogP contribution in [0.3, 0.4) is 0 Å². The molecule has 1 saturated heterocycles. The van der Waals surface area contributed by atoms with Gasteiger partial charge in [0, 0.05) is 12.5 Å². The quantitative estimate of drug-likeness (QED) is 0.887. The third-order valence-corrected chi connectivity index (χ3v) is 4.85. The molecule has 1 aliphatic heterocycles. The molecule has 2 heterocycles. The van der Waals surface area contributed by atoms with Gasteiger partial charge in [-0.2, -0.15) is 4.98 Å². The summed E-state index contributed by atoms with van der Waals surface area (Å²) in [6, 6.07) is -0.0593. The van der Waals surface area contributed by atoms with Crippen molar-refractivity contribution in [2.45, 2.75) is 51.5 Å². The van der Waals surface area contributed by atoms with E-state index in [2.05, 4.69) is 34.6 Å². The Bertz CT molecular complexity index is 482. The van der Waals surface area contributed by atoms with Gasteiger partial charge < -0.3 is 9.84 Å². The molecule has 2 N–H and O–H groups in total. The largest absolute Gasteiger partial charge is 0.353 e. The molecule has 1 aromatic rings. The van der Waals surface area contributed by atoms with Crippen LogP contribution in [-0.2, 0) is 4.79 Å². The van der Waals surface area contributed by atoms with E-state index in [9.17, 15) is 4.79 Å². The smallest absolute Gasteiger partial charge is 0.245 e. The van der Waals surface area contributed by atoms with Gasteiger partial charge in [0.1, 0.15) is 6.04 Å². The third-order valence-electron chi connectivity index (χ3n) is 4.85. The number of piperazine rings is 1. The molecule has 2 fully saturated rings. The second-order valence-corrected chi connectivity index (χ2v) is 6.58. The lowest BCUT2D eigenvalue weighted by Crippen LogP contribution is -2.47. The Morgan fingerprint density at radius 1 is 1.24 bits per heavy atom. The zero-order chi connectivity index (χ0) is 14.8. The molecule has 1 saturated carbocycles. The molecule has 1 unspecified atom stereocenters. The van der Waals surface area contributed by atoms with E-state index in [0.717, 1.165) is 30.5 Å². The highest BCUT2D eigenvalue weighted by atomic mass is 16.5. The standard InChI is InChI=1S/C15H24N4O2/c1-9(2)10-3-5-11(6-4-10)14-18-15(21-19-14)12-7-17-13(20)8-16-12/h9-12,16H,3-8H2,1-2H3,(H,17,20). The summed E-state index contributed by atoms with van der Waals surface area (Å²) in [5, 5.41) is 10.1. The average molecular weight is 292 g/mol. The van der Waals surface area contributed by atoms with Gasteiger partial charge in [-0.25, -0.2) is 0 Å². The van der Waals surface area contributed by atoms with Crippen molar-refractivity contribution in [1.82, 2.24) is 20.8 Å². The number of carbonyl (C=O) groups excluding carboxylic acids is 1. The molecular formula is C15H24N4O2. The van der Waals surface area contributed by atoms with Gasteiger partial charge in [0.15, 0.2) is 5.82 Å². The third kappa shape index (κ3) is 3.26. The molecule has 0 aromatic carbocycles. The van der Waals surface area contributed by atoms with Crippen molar-refractivity contribution in [2.75, 3.05) is 13.1 Å². The first-order valence-corrected chi connectivity index (χ1v) is 7.97. The number of carbonyl (C=O) groups is 1. The monoisotopic (exact) mass is 292 g/mol. The van der Waals surface area contributed by atoms with Gasteiger partial charge in [0.05, 0.1) is 6.54 Å². The topological polar surface area (TPSA) is 80.0 Å². The van der Waals surface area contributed by atoms with Crippen LogP contribution in [0, 0.1) is 11.8 Å². The normalized spacial score (nSPS) is 30.4. The maximum atomic E-state index is 11.1. The van der Waals surface area contributed by atoms with Crippen molar-refractivity contribution in [2.24, 2.45) is 11.8 Å². The summed E-state index contributed by atoms with van der Waals surface area (Å²) >= 11 is 0. The van der Waals surface area contributed by atoms with E-state index in [1.165, 1.54) is 12.8 Å². The Morgan fingerprint density at radius 2 is 2.00 bits per heavy atom. The fourth-order valence-corrected chi connectivity index (χ4v) is 3.34. The number of nitrogens with zero attached hydrogens (tertiary/aromatic N) is 2. The summed E-state index contributed by atoms with van der Waals surface area (Å²) < 4.78 is 5.39. The van der Waals surface area contributed by atoms with Crippen molar-refractivity contribution in [3.63, 3.8) is 0 Å². The van der Waals surface area contributed by atoms with E-state index in [1.807, 2.05) is 0 Å². The molecule has 1 atom stereocenters. The molecule has 1 amide bonds. The lowest BCUT2D eigenvalue weighted by Gasteiger charge is -2.29. The highest BCUT2D eigenvalue weighted by Gasteiger charge is 2.29. The van der Waals surface area contributed by atoms with Gasteiger partial charge >= 0.3 is 0 Å². The van der Waals surface area contributed by atoms with Crippen LogP contribution in [-0.4, -0.2) is 29.1 Å². The Labute approximate surface area is 125 Å². The number of hydrogen-bond donors (Lipinski definition) is 2. The first-order valence-electron chi connectivity index (χ1n) is 7.97. The Morgan fingerprint density at radius 3 is 2.62 bits per heavy atom. The molecular weight excluding hydrogens is 268 g/mol. The van der Waals surface area contributed by atoms with Crippen molar-refractivity contribution in [1.29, 1.82) is 0 Å². The lowest BCUT2D eigenvalue weighted by molar-refractivity contribution is -0.121. The molecule has 116 valence electrons. The Kier molecular flexibility index (Phi) is 4.24. The van der Waals surface area contributed by atoms with Crippen LogP contribution >= 0.6 is 0 Å². The van der Waals surface area contributed by atoms with Gasteiger partial charge in [-0.05, 0) is 37.5 Å². The predicted molar refractivity (Wildman–Crippen MR) is 77.6 cm³/mol. The Hall–Kier alpha value is -1.43. The van der Waals surface area contributed by atoms with Crippen LogP contribution in [0.25, 0.3) is 0 Å². The highest BCUT2D eigenvalue weighted by Crippen LogP contribution is 2.37. The van der Waals surface area contributed by atoms with Gasteiger partial charge in [0.25, 0.3) is 0 Å². The fourth-order valence-electron chi connectivity index (χ4n) is 3.34. The van der Waals surface area contributed by atoms with Crippen LogP contribution in [0.2, 0.25) is 0 Å². The summed E-state index contributed by atoms with van der Waals surface area (Å²) in [5.74, 6) is 3.47. The first-order chi connectivity index (χ1) is 10.1. The molecule has 2 aliphatic rings. The summed E-state index contributed by atoms with van der Waals surface area (Å²) in [6.45, 7) is 5.43. The van der Waals surface area contributed by atoms with E-state index < -0.39 is 0 Å². The van der Waals surface area contributed by atoms with E-state index >= 15 is 0 Å². The molecule has 0 radical (unpaired) electrons. The molecule has 3 rings (SSSR count). The summed E-state index contributed by atoms with van der Waals surface area (Å²) in [6.07, 6.45) is 4.81. The number of hydrogen-bond acceptors (Lipinski definition) is 5. The second-order valence-electron chi connectivity index (χ2n) is 6.58. The minimum absolute atomic E-state index is 0.0120. The maximum absolute atomic E-state index is 11.1. The van der Waals surface area contributed by atoms with Gasteiger partial charge in [-0.15, -0.1) is 0 Å². The highest BCUT2D eigenvalue weighted by molar-refractivity contribution is 5.78. The van der Waals surface area contributed by atoms with Crippen LogP contribution in [0.5, 0.6) is 0 Å². The van der Waals surface area contributed by atoms with Crippen molar-refractivity contribution in [3.8, 4) is 0 Å². The maximum Gasteiger partial charge on any atom is 0.245 e. The lowest BCUT2D eigenvalue weighted by atomic mass is 9.77. The van der Waals surface area contributed by atoms with Crippen LogP contribution in [0.1, 0.15) is 63.2 Å². The zero-order valence-electron chi connectivity index (χ0n) is 12.8. The Balaban J connectivity index is 1.59. The summed E-state index contributed by atoms with van der Waals surface area (Å²) in [5.41, 5.74) is 0. The fraction of sp³-hybridized carbons (Fsp3) is 0.800. The molecule has 1 aliphatic carbocycles. The number of aromatic nitrogens is 2. The molecule has 21 heavy (non-hydrogen) atoms. The van der Waals surface area contributed by atoms with Crippen molar-refractivity contribution >= 4 is 5.91 Å². The average Bonchev–Trinajstić information content (AvgIpc) is 2.98. The van der Waals surface area contributed by atoms with E-state index in [1.54, 1.807) is 0 Å². The minimum atomic E-state index is -0.0593. The number of nitrogens with one attached hydrogen (secondary N) is 2. The summed E-state index contributed by atoms with van der Waals surface area (Å²) in [7, 11) is 0. The molecule has 6 heteroatoms. The van der Waals surface area contributed by atoms with Crippen molar-refractivity contribution < 1.29 is 9.32 Å². The molecule has 6 nitrogen and oxygen atoms in total.